The standard InChI is InChI=1S/C15H16F6N2O2/c16-14(17,18)13(15(19,20)21,9-1-5-11(22,24)6-2-9)10-3-7-12(23,25)8-4-10/h1-5,7,24-25H,6,8,22-23H2. The summed E-state index contributed by atoms with van der Waals surface area (Å²) < 4.78 is 82.6. The maximum atomic E-state index is 13.8. The van der Waals surface area contributed by atoms with E-state index in [1.807, 2.05) is 0 Å². The molecule has 0 aromatic carbocycles. The van der Waals surface area contributed by atoms with Crippen molar-refractivity contribution in [3.05, 3.63) is 47.6 Å². The van der Waals surface area contributed by atoms with Crippen molar-refractivity contribution in [2.75, 3.05) is 0 Å². The summed E-state index contributed by atoms with van der Waals surface area (Å²) >= 11 is 0. The van der Waals surface area contributed by atoms with E-state index in [9.17, 15) is 36.6 Å². The van der Waals surface area contributed by atoms with E-state index in [0.29, 0.717) is 36.5 Å². The Morgan fingerprint density at radius 2 is 1.08 bits per heavy atom. The van der Waals surface area contributed by atoms with Crippen LogP contribution in [0.4, 0.5) is 26.3 Å². The normalized spacial score (nSPS) is 31.0. The van der Waals surface area contributed by atoms with E-state index in [2.05, 4.69) is 0 Å². The van der Waals surface area contributed by atoms with Crippen LogP contribution in [0.15, 0.2) is 47.6 Å². The van der Waals surface area contributed by atoms with Crippen molar-refractivity contribution >= 4 is 0 Å². The molecule has 2 unspecified atom stereocenters. The van der Waals surface area contributed by atoms with E-state index in [4.69, 9.17) is 11.5 Å². The summed E-state index contributed by atoms with van der Waals surface area (Å²) in [4.78, 5) is 0. The van der Waals surface area contributed by atoms with E-state index >= 15 is 0 Å². The summed E-state index contributed by atoms with van der Waals surface area (Å²) in [5, 5.41) is 19.1. The van der Waals surface area contributed by atoms with Gasteiger partial charge in [-0.15, -0.1) is 0 Å². The van der Waals surface area contributed by atoms with Gasteiger partial charge in [0, 0.05) is 12.8 Å². The highest BCUT2D eigenvalue weighted by Gasteiger charge is 2.73. The molecule has 6 N–H and O–H groups in total. The van der Waals surface area contributed by atoms with Gasteiger partial charge in [0.15, 0.2) is 0 Å². The third-order valence-electron chi connectivity index (χ3n) is 4.12. The van der Waals surface area contributed by atoms with E-state index in [-0.39, 0.29) is 0 Å². The zero-order valence-electron chi connectivity index (χ0n) is 12.7. The van der Waals surface area contributed by atoms with Crippen molar-refractivity contribution in [2.45, 2.75) is 36.6 Å². The topological polar surface area (TPSA) is 92.5 Å². The Labute approximate surface area is 138 Å². The first-order valence-electron chi connectivity index (χ1n) is 7.08. The van der Waals surface area contributed by atoms with Crippen LogP contribution in [-0.4, -0.2) is 34.0 Å². The Hall–Kier alpha value is -1.62. The monoisotopic (exact) mass is 370 g/mol. The molecule has 0 heterocycles. The molecule has 0 amide bonds. The van der Waals surface area contributed by atoms with Crippen LogP contribution in [0.2, 0.25) is 0 Å². The highest BCUT2D eigenvalue weighted by atomic mass is 19.4. The minimum Gasteiger partial charge on any atom is -0.372 e. The molecule has 0 saturated heterocycles. The highest BCUT2D eigenvalue weighted by molar-refractivity contribution is 5.49. The SMILES string of the molecule is NC1(O)C=CC(C(C2=CCC(N)(O)C=C2)(C(F)(F)F)C(F)(F)F)=CC1. The zero-order chi connectivity index (χ0) is 19.3. The molecule has 2 aliphatic rings. The van der Waals surface area contributed by atoms with E-state index in [1.54, 1.807) is 0 Å². The quantitative estimate of drug-likeness (QED) is 0.443. The van der Waals surface area contributed by atoms with Crippen molar-refractivity contribution in [1.82, 2.24) is 0 Å². The van der Waals surface area contributed by atoms with Gasteiger partial charge in [-0.2, -0.15) is 26.3 Å². The molecular weight excluding hydrogens is 354 g/mol. The Balaban J connectivity index is 2.69. The van der Waals surface area contributed by atoms with Crippen LogP contribution in [0.5, 0.6) is 0 Å². The van der Waals surface area contributed by atoms with Crippen LogP contribution < -0.4 is 11.5 Å². The van der Waals surface area contributed by atoms with Crippen molar-refractivity contribution < 1.29 is 36.6 Å². The second kappa shape index (κ2) is 5.70. The van der Waals surface area contributed by atoms with Gasteiger partial charge in [0.25, 0.3) is 0 Å². The molecule has 10 heteroatoms. The Bertz CT molecular complexity index is 610. The summed E-state index contributed by atoms with van der Waals surface area (Å²) in [6.07, 6.45) is -9.11. The molecule has 0 aliphatic heterocycles. The van der Waals surface area contributed by atoms with Gasteiger partial charge in [-0.05, 0) is 23.3 Å². The number of hydrogen-bond donors (Lipinski definition) is 4. The van der Waals surface area contributed by atoms with E-state index < -0.39 is 53.2 Å². The Morgan fingerprint density at radius 3 is 1.28 bits per heavy atom. The maximum absolute atomic E-state index is 13.8. The zero-order valence-corrected chi connectivity index (χ0v) is 12.7. The van der Waals surface area contributed by atoms with Crippen LogP contribution in [-0.2, 0) is 0 Å². The van der Waals surface area contributed by atoms with Crippen LogP contribution >= 0.6 is 0 Å². The van der Waals surface area contributed by atoms with Crippen molar-refractivity contribution in [3.8, 4) is 0 Å². The van der Waals surface area contributed by atoms with Crippen LogP contribution in [0.3, 0.4) is 0 Å². The highest BCUT2D eigenvalue weighted by Crippen LogP contribution is 2.61. The number of rotatable bonds is 2. The van der Waals surface area contributed by atoms with E-state index in [1.165, 1.54) is 0 Å². The Kier molecular flexibility index (Phi) is 4.49. The number of nitrogens with two attached hydrogens (primary N) is 2. The molecule has 2 rings (SSSR count). The van der Waals surface area contributed by atoms with Gasteiger partial charge < -0.3 is 21.7 Å². The third kappa shape index (κ3) is 3.39. The van der Waals surface area contributed by atoms with Gasteiger partial charge in [0.2, 0.25) is 5.41 Å². The second-order valence-electron chi connectivity index (χ2n) is 6.12. The molecule has 0 fully saturated rings. The lowest BCUT2D eigenvalue weighted by molar-refractivity contribution is -0.309. The molecule has 0 saturated carbocycles. The molecule has 0 bridgehead atoms. The Morgan fingerprint density at radius 1 is 0.760 bits per heavy atom. The largest absolute Gasteiger partial charge is 0.411 e. The van der Waals surface area contributed by atoms with Gasteiger partial charge in [-0.1, -0.05) is 24.3 Å². The third-order valence-corrected chi connectivity index (χ3v) is 4.12. The van der Waals surface area contributed by atoms with Crippen LogP contribution in [0.25, 0.3) is 0 Å². The molecule has 2 atom stereocenters. The molecule has 25 heavy (non-hydrogen) atoms. The first-order chi connectivity index (χ1) is 11.1. The molecule has 2 aliphatic carbocycles. The number of aliphatic hydroxyl groups is 2. The van der Waals surface area contributed by atoms with Gasteiger partial charge in [0.05, 0.1) is 0 Å². The fourth-order valence-electron chi connectivity index (χ4n) is 2.83. The average molecular weight is 370 g/mol. The fourth-order valence-corrected chi connectivity index (χ4v) is 2.83. The molecule has 0 spiro atoms. The van der Waals surface area contributed by atoms with Crippen molar-refractivity contribution in [1.29, 1.82) is 0 Å². The lowest BCUT2D eigenvalue weighted by atomic mass is 9.68. The van der Waals surface area contributed by atoms with E-state index in [0.717, 1.165) is 0 Å². The minimum atomic E-state index is -5.74. The number of alkyl halides is 6. The fraction of sp³-hybridized carbons (Fsp3) is 0.467. The number of allylic oxidation sites excluding steroid dienone is 4. The molecule has 0 radical (unpaired) electrons. The number of halogens is 6. The summed E-state index contributed by atoms with van der Waals surface area (Å²) in [6, 6.07) is 0. The molecule has 0 aromatic heterocycles. The first kappa shape index (κ1) is 19.7. The van der Waals surface area contributed by atoms with Crippen molar-refractivity contribution in [2.24, 2.45) is 16.9 Å². The van der Waals surface area contributed by atoms with Gasteiger partial charge >= 0.3 is 12.4 Å². The van der Waals surface area contributed by atoms with Crippen LogP contribution in [0, 0.1) is 5.41 Å². The molecular formula is C15H16F6N2O2. The smallest absolute Gasteiger partial charge is 0.372 e. The average Bonchev–Trinajstić information content (AvgIpc) is 2.39. The predicted octanol–water partition coefficient (Wildman–Crippen LogP) is 2.16. The second-order valence-corrected chi connectivity index (χ2v) is 6.12. The van der Waals surface area contributed by atoms with Gasteiger partial charge in [-0.25, -0.2) is 0 Å². The lowest BCUT2D eigenvalue weighted by Gasteiger charge is -2.42. The van der Waals surface area contributed by atoms with Crippen molar-refractivity contribution in [3.63, 3.8) is 0 Å². The van der Waals surface area contributed by atoms with Gasteiger partial charge in [0.1, 0.15) is 11.4 Å². The summed E-state index contributed by atoms with van der Waals surface area (Å²) in [5.74, 6) is 0. The first-order valence-corrected chi connectivity index (χ1v) is 7.08. The molecule has 4 nitrogen and oxygen atoms in total. The molecule has 0 aromatic rings. The predicted molar refractivity (Wildman–Crippen MR) is 76.5 cm³/mol. The summed E-state index contributed by atoms with van der Waals surface area (Å²) in [5.41, 5.74) is -0.0100. The summed E-state index contributed by atoms with van der Waals surface area (Å²) in [6.45, 7) is 0. The lowest BCUT2D eigenvalue weighted by Crippen LogP contribution is -2.54. The summed E-state index contributed by atoms with van der Waals surface area (Å²) in [7, 11) is 0. The van der Waals surface area contributed by atoms with Crippen LogP contribution in [0.1, 0.15) is 12.8 Å². The minimum absolute atomic E-state index is 0.516. The van der Waals surface area contributed by atoms with Gasteiger partial charge in [-0.3, -0.25) is 0 Å². The number of hydrogen-bond acceptors (Lipinski definition) is 4. The molecule has 140 valence electrons. The maximum Gasteiger partial charge on any atom is 0.411 e.